The van der Waals surface area contributed by atoms with Gasteiger partial charge in [-0.05, 0) is 36.8 Å². The van der Waals surface area contributed by atoms with E-state index in [1.807, 2.05) is 48.8 Å². The Labute approximate surface area is 293 Å². The molecule has 0 spiro atoms. The third kappa shape index (κ3) is 9.06. The quantitative estimate of drug-likeness (QED) is 0.168. The standard InChI is InChI=1S/C25H40N.C16H16O.2ClH.Ru/c1-18(2)21-14-11-15-22(19(3)4)23(21)26-17-25(7,16-24(26,5)6)20-12-9-8-10-13-20;1-12(2)17-16-13(3)8-7-11-15(16)14-9-5-4-6-10-14;;;/h11,14-15,17-20H,8-10,12-13,16H2,1-7H3;3-12H,1-2H3;2*1H;/q-1;;;;+2/p-2/t25-;;;;/m0..../s1. The molecule has 5 heteroatoms. The van der Waals surface area contributed by atoms with Crippen molar-refractivity contribution in [2.24, 2.45) is 11.3 Å². The molecule has 2 fully saturated rings. The van der Waals surface area contributed by atoms with Crippen molar-refractivity contribution < 1.29 is 18.3 Å². The van der Waals surface area contributed by atoms with Crippen LogP contribution in [0.1, 0.15) is 129 Å². The molecule has 2 aliphatic rings. The van der Waals surface area contributed by atoms with Crippen LogP contribution in [0.4, 0.5) is 5.69 Å². The number of rotatable bonds is 8. The molecular weight excluding hydrogens is 694 g/mol. The Hall–Kier alpha value is -1.67. The zero-order valence-corrected chi connectivity index (χ0v) is 32.8. The smallest absolute Gasteiger partial charge is 0.0145 e. The van der Waals surface area contributed by atoms with E-state index in [0.717, 1.165) is 28.4 Å². The summed E-state index contributed by atoms with van der Waals surface area (Å²) in [4.78, 5) is 2.69. The Kier molecular flexibility index (Phi) is 13.0. The summed E-state index contributed by atoms with van der Waals surface area (Å²) in [5.41, 5.74) is 8.20. The van der Waals surface area contributed by atoms with Crippen LogP contribution in [0.2, 0.25) is 0 Å². The van der Waals surface area contributed by atoms with Crippen molar-refractivity contribution in [2.75, 3.05) is 4.90 Å². The predicted octanol–water partition coefficient (Wildman–Crippen LogP) is 12.9. The maximum atomic E-state index is 6.02. The van der Waals surface area contributed by atoms with Crippen molar-refractivity contribution in [1.82, 2.24) is 0 Å². The largest absolute Gasteiger partial charge is 0.517 e. The minimum absolute atomic E-state index is 0.0957. The molecule has 0 radical (unpaired) electrons. The summed E-state index contributed by atoms with van der Waals surface area (Å²) in [6.45, 7) is 23.5. The molecule has 1 aliphatic heterocycles. The van der Waals surface area contributed by atoms with Crippen molar-refractivity contribution in [2.45, 2.75) is 124 Å². The van der Waals surface area contributed by atoms with Crippen molar-refractivity contribution in [3.8, 4) is 16.9 Å². The summed E-state index contributed by atoms with van der Waals surface area (Å²) in [7, 11) is 12.0. The van der Waals surface area contributed by atoms with Gasteiger partial charge in [0.15, 0.2) is 0 Å². The summed E-state index contributed by atoms with van der Waals surface area (Å²) in [6.07, 6.45) is 8.49. The van der Waals surface area contributed by atoms with E-state index in [1.54, 1.807) is 0 Å². The van der Waals surface area contributed by atoms with Crippen LogP contribution in [0.5, 0.6) is 5.75 Å². The Morgan fingerprint density at radius 1 is 0.804 bits per heavy atom. The van der Waals surface area contributed by atoms with Gasteiger partial charge in [-0.2, -0.15) is 0 Å². The number of nitrogens with zero attached hydrogens (tertiary/aromatic N) is 1. The molecule has 3 aromatic rings. The molecule has 0 aromatic heterocycles. The van der Waals surface area contributed by atoms with Crippen molar-refractivity contribution >= 4 is 29.7 Å². The fraction of sp³-hybridized carbons (Fsp3) is 0.512. The van der Waals surface area contributed by atoms with E-state index >= 15 is 0 Å². The number of ether oxygens (including phenoxy) is 1. The van der Waals surface area contributed by atoms with Crippen LogP contribution >= 0.6 is 19.4 Å². The van der Waals surface area contributed by atoms with Gasteiger partial charge < -0.3 is 4.90 Å². The second-order valence-electron chi connectivity index (χ2n) is 15.0. The van der Waals surface area contributed by atoms with E-state index in [-0.39, 0.29) is 11.6 Å². The van der Waals surface area contributed by atoms with Crippen LogP contribution in [0, 0.1) is 17.9 Å². The van der Waals surface area contributed by atoms with Crippen molar-refractivity contribution in [3.05, 3.63) is 90.0 Å². The van der Waals surface area contributed by atoms with Gasteiger partial charge in [-0.25, -0.2) is 6.54 Å². The number of para-hydroxylation sites is 2. The minimum atomic E-state index is -1.89. The van der Waals surface area contributed by atoms with E-state index in [1.165, 1.54) is 55.3 Å². The van der Waals surface area contributed by atoms with Crippen LogP contribution in [0.15, 0.2) is 66.7 Å². The third-order valence-electron chi connectivity index (χ3n) is 9.68. The van der Waals surface area contributed by atoms with Gasteiger partial charge >= 0.3 is 133 Å². The first-order valence-corrected chi connectivity index (χ1v) is 22.7. The summed E-state index contributed by atoms with van der Waals surface area (Å²) in [5.74, 6) is 2.81. The van der Waals surface area contributed by atoms with Gasteiger partial charge in [0.2, 0.25) is 0 Å². The fourth-order valence-electron chi connectivity index (χ4n) is 7.63. The normalized spacial score (nSPS) is 20.1. The van der Waals surface area contributed by atoms with Gasteiger partial charge in [-0.3, -0.25) is 0 Å². The Balaban J connectivity index is 0.000000216. The Morgan fingerprint density at radius 3 is 1.93 bits per heavy atom. The Bertz CT molecular complexity index is 1430. The number of halogens is 2. The summed E-state index contributed by atoms with van der Waals surface area (Å²) < 4.78 is 7.93. The molecule has 0 unspecified atom stereocenters. The Morgan fingerprint density at radius 2 is 1.39 bits per heavy atom. The first-order chi connectivity index (χ1) is 21.7. The molecule has 46 heavy (non-hydrogen) atoms. The summed E-state index contributed by atoms with van der Waals surface area (Å²) in [5, 5.41) is 0. The van der Waals surface area contributed by atoms with Gasteiger partial charge in [0.05, 0.1) is 0 Å². The van der Waals surface area contributed by atoms with E-state index < -0.39 is 13.5 Å². The average Bonchev–Trinajstić information content (AvgIpc) is 3.27. The summed E-state index contributed by atoms with van der Waals surface area (Å²) in [6, 6.07) is 23.2. The van der Waals surface area contributed by atoms with Gasteiger partial charge in [-0.1, -0.05) is 97.3 Å². The van der Waals surface area contributed by atoms with Crippen molar-refractivity contribution in [3.63, 3.8) is 0 Å². The van der Waals surface area contributed by atoms with Crippen LogP contribution in [0.3, 0.4) is 0 Å². The predicted molar refractivity (Wildman–Crippen MR) is 199 cm³/mol. The zero-order valence-electron chi connectivity index (χ0n) is 29.5. The van der Waals surface area contributed by atoms with Crippen molar-refractivity contribution in [1.29, 1.82) is 0 Å². The van der Waals surface area contributed by atoms with Crippen LogP contribution in [0.25, 0.3) is 11.1 Å². The second-order valence-corrected chi connectivity index (χ2v) is 20.7. The molecule has 1 aliphatic carbocycles. The molecular formula is C41H56Cl2NORu-. The van der Waals surface area contributed by atoms with Crippen LogP contribution < -0.4 is 9.64 Å². The molecule has 1 heterocycles. The molecule has 5 rings (SSSR count). The maximum absolute atomic E-state index is 6.02. The molecule has 1 atom stereocenters. The van der Waals surface area contributed by atoms with E-state index in [0.29, 0.717) is 17.3 Å². The monoisotopic (exact) mass is 750 g/mol. The molecule has 254 valence electrons. The molecule has 0 amide bonds. The molecule has 1 saturated carbocycles. The van der Waals surface area contributed by atoms with E-state index in [4.69, 9.17) is 24.1 Å². The first-order valence-electron chi connectivity index (χ1n) is 17.2. The number of anilines is 1. The molecule has 2 nitrogen and oxygen atoms in total. The van der Waals surface area contributed by atoms with E-state index in [9.17, 15) is 0 Å². The van der Waals surface area contributed by atoms with Gasteiger partial charge in [0, 0.05) is 11.2 Å². The average molecular weight is 751 g/mol. The second kappa shape index (κ2) is 16.2. The molecule has 0 bridgehead atoms. The minimum Gasteiger partial charge on any atom is -0.517 e. The molecule has 3 aromatic carbocycles. The van der Waals surface area contributed by atoms with Gasteiger partial charge in [0.25, 0.3) is 0 Å². The van der Waals surface area contributed by atoms with Gasteiger partial charge in [0.1, 0.15) is 0 Å². The maximum Gasteiger partial charge on any atom is 0.0145 e. The SMILES string of the molecule is CC(C)Oc1c([CH]=[Ru]([Cl])[Cl])cccc1-c1ccccc1.CC(C)c1cccc(C(C)C)c1N1[CH-][C@@](C)(C2CCCCC2)CC1(C)C. The topological polar surface area (TPSA) is 12.5 Å². The number of hydrogen-bond donors (Lipinski definition) is 0. The number of hydrogen-bond acceptors (Lipinski definition) is 2. The third-order valence-corrected chi connectivity index (χ3v) is 11.5. The van der Waals surface area contributed by atoms with Crippen LogP contribution in [-0.2, 0) is 13.5 Å². The van der Waals surface area contributed by atoms with E-state index in [2.05, 4.69) is 96.3 Å². The first kappa shape index (κ1) is 37.2. The fourth-order valence-corrected chi connectivity index (χ4v) is 9.42. The van der Waals surface area contributed by atoms with Gasteiger partial charge in [-0.15, -0.1) is 5.41 Å². The zero-order chi connectivity index (χ0) is 33.6. The summed E-state index contributed by atoms with van der Waals surface area (Å²) >= 11 is -1.89. The number of benzene rings is 3. The molecule has 0 N–H and O–H groups in total. The van der Waals surface area contributed by atoms with Crippen LogP contribution in [-0.4, -0.2) is 16.3 Å². The molecule has 1 saturated heterocycles.